The van der Waals surface area contributed by atoms with Gasteiger partial charge >= 0.3 is 5.97 Å². The number of hydrogen-bond donors (Lipinski definition) is 2. The number of ether oxygens (including phenoxy) is 1. The van der Waals surface area contributed by atoms with Crippen LogP contribution in [0.2, 0.25) is 5.02 Å². The van der Waals surface area contributed by atoms with Gasteiger partial charge in [0.25, 0.3) is 0 Å². The minimum atomic E-state index is -0.394. The molecule has 1 aliphatic rings. The van der Waals surface area contributed by atoms with Crippen LogP contribution in [0.5, 0.6) is 0 Å². The van der Waals surface area contributed by atoms with Gasteiger partial charge in [0.2, 0.25) is 5.91 Å². The first kappa shape index (κ1) is 20.5. The van der Waals surface area contributed by atoms with Crippen LogP contribution in [-0.2, 0) is 22.4 Å². The molecule has 3 rings (SSSR count). The highest BCUT2D eigenvalue weighted by molar-refractivity contribution is 7.80. The molecule has 1 aromatic heterocycles. The molecule has 0 radical (unpaired) electrons. The Morgan fingerprint density at radius 3 is 2.75 bits per heavy atom. The fourth-order valence-corrected chi connectivity index (χ4v) is 4.78. The molecule has 1 aromatic carbocycles. The van der Waals surface area contributed by atoms with E-state index in [1.54, 1.807) is 12.1 Å². The summed E-state index contributed by atoms with van der Waals surface area (Å²) in [6.07, 6.45) is 6.89. The molecule has 8 heteroatoms. The summed E-state index contributed by atoms with van der Waals surface area (Å²) in [6, 6.07) is 7.21. The largest absolute Gasteiger partial charge is 0.465 e. The van der Waals surface area contributed by atoms with Crippen LogP contribution < -0.4 is 10.6 Å². The van der Waals surface area contributed by atoms with E-state index >= 15 is 0 Å². The van der Waals surface area contributed by atoms with Gasteiger partial charge in [-0.2, -0.15) is 0 Å². The first-order valence-corrected chi connectivity index (χ1v) is 10.4. The summed E-state index contributed by atoms with van der Waals surface area (Å²) in [5, 5.41) is 6.86. The zero-order valence-electron chi connectivity index (χ0n) is 15.2. The van der Waals surface area contributed by atoms with Crippen molar-refractivity contribution < 1.29 is 14.3 Å². The number of anilines is 1. The molecule has 0 bridgehead atoms. The average molecular weight is 435 g/mol. The van der Waals surface area contributed by atoms with Gasteiger partial charge in [0.1, 0.15) is 5.00 Å². The molecule has 0 saturated heterocycles. The number of aryl methyl sites for hydroxylation is 1. The van der Waals surface area contributed by atoms with Crippen molar-refractivity contribution in [3.63, 3.8) is 0 Å². The summed E-state index contributed by atoms with van der Waals surface area (Å²) >= 11 is 12.8. The highest BCUT2D eigenvalue weighted by atomic mass is 35.5. The van der Waals surface area contributed by atoms with Crippen molar-refractivity contribution in [3.05, 3.63) is 56.9 Å². The number of fused-ring (bicyclic) bond motifs is 1. The molecule has 146 valence electrons. The maximum Gasteiger partial charge on any atom is 0.341 e. The van der Waals surface area contributed by atoms with Crippen LogP contribution in [0.4, 0.5) is 5.00 Å². The molecular formula is C20H19ClN2O3S2. The van der Waals surface area contributed by atoms with Crippen LogP contribution in [0.25, 0.3) is 6.08 Å². The van der Waals surface area contributed by atoms with Crippen molar-refractivity contribution in [1.29, 1.82) is 0 Å². The number of nitrogens with one attached hydrogen (secondary N) is 2. The fourth-order valence-electron chi connectivity index (χ4n) is 3.04. The highest BCUT2D eigenvalue weighted by Gasteiger charge is 2.26. The lowest BCUT2D eigenvalue weighted by atomic mass is 9.95. The van der Waals surface area contributed by atoms with Gasteiger partial charge in [-0.05, 0) is 61.2 Å². The smallest absolute Gasteiger partial charge is 0.341 e. The van der Waals surface area contributed by atoms with E-state index in [0.29, 0.717) is 15.6 Å². The van der Waals surface area contributed by atoms with Crippen molar-refractivity contribution in [2.45, 2.75) is 25.7 Å². The lowest BCUT2D eigenvalue weighted by Gasteiger charge is -2.12. The van der Waals surface area contributed by atoms with E-state index in [4.69, 9.17) is 28.6 Å². The predicted molar refractivity (Wildman–Crippen MR) is 117 cm³/mol. The second kappa shape index (κ2) is 9.32. The Morgan fingerprint density at radius 2 is 2.00 bits per heavy atom. The predicted octanol–water partition coefficient (Wildman–Crippen LogP) is 4.59. The molecule has 2 N–H and O–H groups in total. The van der Waals surface area contributed by atoms with Gasteiger partial charge in [0.15, 0.2) is 5.11 Å². The molecule has 1 amide bonds. The SMILES string of the molecule is COC(=O)c1c(NC(=S)NC(=O)/C=C/c2ccccc2Cl)sc2c1CCCC2. The third kappa shape index (κ3) is 4.79. The van der Waals surface area contributed by atoms with Crippen LogP contribution in [-0.4, -0.2) is 24.1 Å². The molecule has 0 unspecified atom stereocenters. The zero-order valence-corrected chi connectivity index (χ0v) is 17.6. The number of carbonyl (C=O) groups excluding carboxylic acids is 2. The Balaban J connectivity index is 1.69. The number of benzene rings is 1. The Morgan fingerprint density at radius 1 is 1.25 bits per heavy atom. The molecular weight excluding hydrogens is 416 g/mol. The number of thiophene rings is 1. The van der Waals surface area contributed by atoms with Crippen LogP contribution in [0.1, 0.15) is 39.2 Å². The topological polar surface area (TPSA) is 67.4 Å². The third-order valence-corrected chi connectivity index (χ3v) is 6.10. The monoisotopic (exact) mass is 434 g/mol. The van der Waals surface area contributed by atoms with Gasteiger partial charge < -0.3 is 10.1 Å². The Labute approximate surface area is 177 Å². The minimum Gasteiger partial charge on any atom is -0.465 e. The van der Waals surface area contributed by atoms with E-state index in [0.717, 1.165) is 36.8 Å². The van der Waals surface area contributed by atoms with Crippen molar-refractivity contribution in [2.24, 2.45) is 0 Å². The van der Waals surface area contributed by atoms with Crippen LogP contribution in [0.3, 0.4) is 0 Å². The maximum atomic E-state index is 12.3. The highest BCUT2D eigenvalue weighted by Crippen LogP contribution is 2.38. The molecule has 0 saturated carbocycles. The molecule has 1 aliphatic carbocycles. The van der Waals surface area contributed by atoms with Gasteiger partial charge in [0, 0.05) is 16.0 Å². The van der Waals surface area contributed by atoms with Crippen molar-refractivity contribution in [2.75, 3.05) is 12.4 Å². The molecule has 5 nitrogen and oxygen atoms in total. The molecule has 0 spiro atoms. The molecule has 1 heterocycles. The molecule has 0 fully saturated rings. The zero-order chi connectivity index (χ0) is 20.1. The Kier molecular flexibility index (Phi) is 6.83. The van der Waals surface area contributed by atoms with Crippen molar-refractivity contribution >= 4 is 63.2 Å². The summed E-state index contributed by atoms with van der Waals surface area (Å²) in [7, 11) is 1.36. The second-order valence-electron chi connectivity index (χ2n) is 6.20. The number of thiocarbonyl (C=S) groups is 1. The number of halogens is 1. The number of amides is 1. The van der Waals surface area contributed by atoms with Gasteiger partial charge in [-0.25, -0.2) is 4.79 Å². The van der Waals surface area contributed by atoms with Crippen LogP contribution in [0.15, 0.2) is 30.3 Å². The Hall–Kier alpha value is -2.22. The number of esters is 1. The van der Waals surface area contributed by atoms with Gasteiger partial charge in [0.05, 0.1) is 12.7 Å². The van der Waals surface area contributed by atoms with E-state index in [1.807, 2.05) is 18.2 Å². The molecule has 2 aromatic rings. The number of hydrogen-bond acceptors (Lipinski definition) is 5. The van der Waals surface area contributed by atoms with E-state index in [-0.39, 0.29) is 5.11 Å². The quantitative estimate of drug-likeness (QED) is 0.418. The standard InChI is InChI=1S/C20H19ClN2O3S2/c1-26-19(25)17-13-7-3-5-9-15(13)28-18(17)23-20(27)22-16(24)11-10-12-6-2-4-8-14(12)21/h2,4,6,8,10-11H,3,5,7,9H2,1H3,(H2,22,23,24,27)/b11-10+. The maximum absolute atomic E-state index is 12.3. The van der Waals surface area contributed by atoms with Gasteiger partial charge in [-0.1, -0.05) is 29.8 Å². The first-order chi connectivity index (χ1) is 13.5. The number of methoxy groups -OCH3 is 1. The minimum absolute atomic E-state index is 0.123. The van der Waals surface area contributed by atoms with Gasteiger partial charge in [-0.3, -0.25) is 10.1 Å². The Bertz CT molecular complexity index is 953. The van der Waals surface area contributed by atoms with E-state index < -0.39 is 11.9 Å². The summed E-state index contributed by atoms with van der Waals surface area (Å²) < 4.78 is 4.94. The van der Waals surface area contributed by atoms with Crippen molar-refractivity contribution in [3.8, 4) is 0 Å². The van der Waals surface area contributed by atoms with Gasteiger partial charge in [-0.15, -0.1) is 11.3 Å². The van der Waals surface area contributed by atoms with E-state index in [9.17, 15) is 9.59 Å². The van der Waals surface area contributed by atoms with E-state index in [2.05, 4.69) is 10.6 Å². The fraction of sp³-hybridized carbons (Fsp3) is 0.250. The summed E-state index contributed by atoms with van der Waals surface area (Å²) in [5.41, 5.74) is 2.28. The first-order valence-electron chi connectivity index (χ1n) is 8.77. The lowest BCUT2D eigenvalue weighted by Crippen LogP contribution is -2.33. The summed E-state index contributed by atoms with van der Waals surface area (Å²) in [6.45, 7) is 0. The third-order valence-electron chi connectivity index (χ3n) is 4.34. The van der Waals surface area contributed by atoms with E-state index in [1.165, 1.54) is 29.4 Å². The average Bonchev–Trinajstić information content (AvgIpc) is 3.04. The molecule has 0 aliphatic heterocycles. The molecule has 0 atom stereocenters. The summed E-state index contributed by atoms with van der Waals surface area (Å²) in [5.74, 6) is -0.784. The van der Waals surface area contributed by atoms with Crippen LogP contribution in [0, 0.1) is 0 Å². The second-order valence-corrected chi connectivity index (χ2v) is 8.13. The lowest BCUT2D eigenvalue weighted by molar-refractivity contribution is -0.115. The molecule has 28 heavy (non-hydrogen) atoms. The number of rotatable bonds is 4. The number of carbonyl (C=O) groups is 2. The summed E-state index contributed by atoms with van der Waals surface area (Å²) in [4.78, 5) is 25.6. The van der Waals surface area contributed by atoms with Crippen LogP contribution >= 0.6 is 35.2 Å². The van der Waals surface area contributed by atoms with Crippen molar-refractivity contribution in [1.82, 2.24) is 5.32 Å². The normalized spacial score (nSPS) is 13.1.